The van der Waals surface area contributed by atoms with Crippen molar-refractivity contribution in [1.29, 1.82) is 0 Å². The van der Waals surface area contributed by atoms with Crippen molar-refractivity contribution in [3.63, 3.8) is 0 Å². The molecule has 1 fully saturated rings. The van der Waals surface area contributed by atoms with Crippen molar-refractivity contribution in [3.8, 4) is 0 Å². The summed E-state index contributed by atoms with van der Waals surface area (Å²) in [7, 11) is 0. The Bertz CT molecular complexity index is 168. The van der Waals surface area contributed by atoms with E-state index in [-0.39, 0.29) is 0 Å². The van der Waals surface area contributed by atoms with Gasteiger partial charge in [-0.3, -0.25) is 4.90 Å². The molecule has 1 rings (SSSR count). The predicted molar refractivity (Wildman–Crippen MR) is 60.4 cm³/mol. The van der Waals surface area contributed by atoms with Gasteiger partial charge in [-0.15, -0.1) is 0 Å². The molecule has 1 aliphatic rings. The predicted octanol–water partition coefficient (Wildman–Crippen LogP) is 2.27. The summed E-state index contributed by atoms with van der Waals surface area (Å²) in [5.41, 5.74) is 0.303. The Hall–Kier alpha value is -0.0800. The van der Waals surface area contributed by atoms with E-state index in [1.165, 1.54) is 32.4 Å². The molecule has 0 bridgehead atoms. The summed E-state index contributed by atoms with van der Waals surface area (Å²) in [5, 5.41) is 9.00. The second-order valence-electron chi connectivity index (χ2n) is 4.99. The van der Waals surface area contributed by atoms with Gasteiger partial charge in [0.15, 0.2) is 0 Å². The van der Waals surface area contributed by atoms with Crippen LogP contribution in [0.1, 0.15) is 46.5 Å². The molecule has 1 atom stereocenters. The lowest BCUT2D eigenvalue weighted by Crippen LogP contribution is -2.43. The second kappa shape index (κ2) is 5.13. The first kappa shape index (κ1) is 12.0. The highest BCUT2D eigenvalue weighted by Gasteiger charge is 2.39. The molecule has 0 aromatic heterocycles. The lowest BCUT2D eigenvalue weighted by molar-refractivity contribution is 0.120. The highest BCUT2D eigenvalue weighted by atomic mass is 16.3. The molecule has 1 saturated heterocycles. The van der Waals surface area contributed by atoms with Gasteiger partial charge in [-0.1, -0.05) is 13.3 Å². The molecule has 0 spiro atoms. The highest BCUT2D eigenvalue weighted by molar-refractivity contribution is 4.94. The van der Waals surface area contributed by atoms with Crippen molar-refractivity contribution >= 4 is 0 Å². The van der Waals surface area contributed by atoms with Crippen molar-refractivity contribution in [2.75, 3.05) is 19.7 Å². The third kappa shape index (κ3) is 2.48. The molecule has 1 N–H and O–H groups in total. The van der Waals surface area contributed by atoms with Crippen molar-refractivity contribution < 1.29 is 5.11 Å². The van der Waals surface area contributed by atoms with Crippen LogP contribution in [0, 0.1) is 5.92 Å². The number of aliphatic hydroxyl groups is 1. The Labute approximate surface area is 88.3 Å². The van der Waals surface area contributed by atoms with E-state index in [2.05, 4.69) is 25.7 Å². The molecular weight excluding hydrogens is 174 g/mol. The molecule has 0 aromatic carbocycles. The number of aliphatic hydroxyl groups excluding tert-OH is 1. The van der Waals surface area contributed by atoms with Gasteiger partial charge in [0.1, 0.15) is 0 Å². The third-order valence-electron chi connectivity index (χ3n) is 3.82. The smallest absolute Gasteiger partial charge is 0.0434 e. The van der Waals surface area contributed by atoms with E-state index in [1.54, 1.807) is 0 Å². The molecular formula is C12H25NO. The summed E-state index contributed by atoms with van der Waals surface area (Å²) in [6.07, 6.45) is 4.80. The van der Waals surface area contributed by atoms with Gasteiger partial charge in [0.05, 0.1) is 0 Å². The zero-order chi connectivity index (χ0) is 10.6. The molecule has 1 heterocycles. The molecule has 0 radical (unpaired) electrons. The standard InChI is InChI=1S/C12H25NO/c1-4-5-8-13-9-6-11(7-10-14)12(13,2)3/h11,14H,4-10H2,1-3H3. The van der Waals surface area contributed by atoms with Crippen molar-refractivity contribution in [2.45, 2.75) is 52.0 Å². The van der Waals surface area contributed by atoms with Crippen LogP contribution < -0.4 is 0 Å². The van der Waals surface area contributed by atoms with Crippen LogP contribution >= 0.6 is 0 Å². The summed E-state index contributed by atoms with van der Waals surface area (Å²) in [4.78, 5) is 2.59. The SMILES string of the molecule is CCCCN1CCC(CCO)C1(C)C. The number of hydrogen-bond donors (Lipinski definition) is 1. The molecule has 1 unspecified atom stereocenters. The highest BCUT2D eigenvalue weighted by Crippen LogP contribution is 2.36. The Balaban J connectivity index is 2.47. The Kier molecular flexibility index (Phi) is 4.39. The lowest BCUT2D eigenvalue weighted by Gasteiger charge is -2.36. The van der Waals surface area contributed by atoms with Crippen molar-refractivity contribution in [2.24, 2.45) is 5.92 Å². The normalized spacial score (nSPS) is 27.0. The Morgan fingerprint density at radius 1 is 1.43 bits per heavy atom. The molecule has 0 amide bonds. The maximum Gasteiger partial charge on any atom is 0.0434 e. The molecule has 0 aromatic rings. The van der Waals surface area contributed by atoms with Gasteiger partial charge in [-0.25, -0.2) is 0 Å². The first-order valence-corrected chi connectivity index (χ1v) is 5.98. The molecule has 1 aliphatic heterocycles. The minimum Gasteiger partial charge on any atom is -0.396 e. The fraction of sp³-hybridized carbons (Fsp3) is 1.00. The Morgan fingerprint density at radius 2 is 2.14 bits per heavy atom. The third-order valence-corrected chi connectivity index (χ3v) is 3.82. The van der Waals surface area contributed by atoms with E-state index in [0.29, 0.717) is 18.1 Å². The first-order valence-electron chi connectivity index (χ1n) is 5.98. The molecule has 0 aliphatic carbocycles. The quantitative estimate of drug-likeness (QED) is 0.734. The van der Waals surface area contributed by atoms with Gasteiger partial charge >= 0.3 is 0 Å². The summed E-state index contributed by atoms with van der Waals surface area (Å²) in [5.74, 6) is 0.685. The van der Waals surface area contributed by atoms with E-state index < -0.39 is 0 Å². The molecule has 2 heteroatoms. The molecule has 84 valence electrons. The second-order valence-corrected chi connectivity index (χ2v) is 4.99. The maximum atomic E-state index is 9.00. The zero-order valence-electron chi connectivity index (χ0n) is 9.92. The number of nitrogens with zero attached hydrogens (tertiary/aromatic N) is 1. The van der Waals surface area contributed by atoms with E-state index in [0.717, 1.165) is 6.42 Å². The minimum atomic E-state index is 0.303. The Morgan fingerprint density at radius 3 is 2.71 bits per heavy atom. The average molecular weight is 199 g/mol. The van der Waals surface area contributed by atoms with E-state index >= 15 is 0 Å². The van der Waals surface area contributed by atoms with Gasteiger partial charge in [0.25, 0.3) is 0 Å². The first-order chi connectivity index (χ1) is 6.62. The summed E-state index contributed by atoms with van der Waals surface area (Å²) in [6.45, 7) is 9.69. The largest absolute Gasteiger partial charge is 0.396 e. The van der Waals surface area contributed by atoms with Crippen LogP contribution in [-0.4, -0.2) is 35.2 Å². The van der Waals surface area contributed by atoms with Crippen LogP contribution in [0.5, 0.6) is 0 Å². The van der Waals surface area contributed by atoms with E-state index in [9.17, 15) is 0 Å². The number of rotatable bonds is 5. The zero-order valence-corrected chi connectivity index (χ0v) is 9.92. The van der Waals surface area contributed by atoms with Crippen LogP contribution in [-0.2, 0) is 0 Å². The molecule has 14 heavy (non-hydrogen) atoms. The van der Waals surface area contributed by atoms with Gasteiger partial charge in [-0.2, -0.15) is 0 Å². The summed E-state index contributed by atoms with van der Waals surface area (Å²) >= 11 is 0. The molecule has 0 saturated carbocycles. The minimum absolute atomic E-state index is 0.303. The average Bonchev–Trinajstić information content (AvgIpc) is 2.41. The lowest BCUT2D eigenvalue weighted by atomic mass is 9.86. The van der Waals surface area contributed by atoms with E-state index in [4.69, 9.17) is 5.11 Å². The van der Waals surface area contributed by atoms with Crippen LogP contribution in [0.25, 0.3) is 0 Å². The maximum absolute atomic E-state index is 9.00. The fourth-order valence-electron chi connectivity index (χ4n) is 2.61. The summed E-state index contributed by atoms with van der Waals surface area (Å²) < 4.78 is 0. The number of hydrogen-bond acceptors (Lipinski definition) is 2. The fourth-order valence-corrected chi connectivity index (χ4v) is 2.61. The number of unbranched alkanes of at least 4 members (excludes halogenated alkanes) is 1. The number of likely N-dealkylation sites (tertiary alicyclic amines) is 1. The van der Waals surface area contributed by atoms with Crippen molar-refractivity contribution in [3.05, 3.63) is 0 Å². The van der Waals surface area contributed by atoms with Crippen LogP contribution in [0.4, 0.5) is 0 Å². The van der Waals surface area contributed by atoms with Crippen molar-refractivity contribution in [1.82, 2.24) is 4.90 Å². The molecule has 2 nitrogen and oxygen atoms in total. The van der Waals surface area contributed by atoms with Gasteiger partial charge in [0.2, 0.25) is 0 Å². The van der Waals surface area contributed by atoms with Gasteiger partial charge < -0.3 is 5.11 Å². The van der Waals surface area contributed by atoms with Gasteiger partial charge in [-0.05, 0) is 52.1 Å². The summed E-state index contributed by atoms with van der Waals surface area (Å²) in [6, 6.07) is 0. The van der Waals surface area contributed by atoms with Crippen LogP contribution in [0.15, 0.2) is 0 Å². The van der Waals surface area contributed by atoms with Crippen LogP contribution in [0.2, 0.25) is 0 Å². The monoisotopic (exact) mass is 199 g/mol. The van der Waals surface area contributed by atoms with Gasteiger partial charge in [0, 0.05) is 12.1 Å². The van der Waals surface area contributed by atoms with E-state index in [1.807, 2.05) is 0 Å². The topological polar surface area (TPSA) is 23.5 Å². The van der Waals surface area contributed by atoms with Crippen LogP contribution in [0.3, 0.4) is 0 Å².